The molecule has 0 nitrogen and oxygen atoms in total. The molecule has 6 aromatic rings. The number of allylic oxidation sites excluding steroid dienone is 4. The van der Waals surface area contributed by atoms with Gasteiger partial charge in [-0.05, 0) is 102 Å². The third-order valence-corrected chi connectivity index (χ3v) is 8.66. The van der Waals surface area contributed by atoms with E-state index < -0.39 is 0 Å². The fraction of sp³-hybridized carbons (Fsp3) is 0.0952. The Kier molecular flexibility index (Phi) is 6.68. The minimum Gasteiger partial charge on any atom is -0.103 e. The van der Waals surface area contributed by atoms with E-state index in [4.69, 9.17) is 0 Å². The van der Waals surface area contributed by atoms with Crippen LogP contribution in [0.3, 0.4) is 0 Å². The van der Waals surface area contributed by atoms with E-state index in [1.165, 1.54) is 76.1 Å². The van der Waals surface area contributed by atoms with Gasteiger partial charge in [-0.25, -0.2) is 0 Å². The maximum Gasteiger partial charge on any atom is -0.00201 e. The van der Waals surface area contributed by atoms with Crippen molar-refractivity contribution in [3.05, 3.63) is 150 Å². The Labute approximate surface area is 248 Å². The summed E-state index contributed by atoms with van der Waals surface area (Å²) >= 11 is 0. The SMILES string of the molecule is C=CCC/C=C1/C=c2ccc3c(-c4c5ccccc5c(-c5ccc(C(=C)C)cc5)c5ccccc45)cccc3c2=CC1. The number of hydrogen-bond acceptors (Lipinski definition) is 0. The van der Waals surface area contributed by atoms with E-state index in [1.54, 1.807) is 0 Å². The maximum absolute atomic E-state index is 4.13. The minimum atomic E-state index is 0.970. The summed E-state index contributed by atoms with van der Waals surface area (Å²) in [7, 11) is 0. The first kappa shape index (κ1) is 26.0. The lowest BCUT2D eigenvalue weighted by Crippen LogP contribution is -2.27. The summed E-state index contributed by atoms with van der Waals surface area (Å²) in [6, 6.07) is 38.1. The summed E-state index contributed by atoms with van der Waals surface area (Å²) in [4.78, 5) is 0. The third-order valence-electron chi connectivity index (χ3n) is 8.66. The molecule has 0 fully saturated rings. The highest BCUT2D eigenvalue weighted by molar-refractivity contribution is 6.23. The molecule has 1 aliphatic carbocycles. The second kappa shape index (κ2) is 10.8. The topological polar surface area (TPSA) is 0 Å². The summed E-state index contributed by atoms with van der Waals surface area (Å²) < 4.78 is 0. The zero-order chi connectivity index (χ0) is 28.6. The number of rotatable bonds is 6. The fourth-order valence-electron chi connectivity index (χ4n) is 6.63. The molecule has 202 valence electrons. The summed E-state index contributed by atoms with van der Waals surface area (Å²) in [5, 5.41) is 10.4. The lowest BCUT2D eigenvalue weighted by molar-refractivity contribution is 1.04. The van der Waals surface area contributed by atoms with E-state index in [0.29, 0.717) is 0 Å². The van der Waals surface area contributed by atoms with E-state index in [2.05, 4.69) is 141 Å². The van der Waals surface area contributed by atoms with Gasteiger partial charge >= 0.3 is 0 Å². The van der Waals surface area contributed by atoms with Crippen LogP contribution in [0.2, 0.25) is 0 Å². The van der Waals surface area contributed by atoms with Crippen molar-refractivity contribution < 1.29 is 0 Å². The Morgan fingerprint density at radius 3 is 1.95 bits per heavy atom. The van der Waals surface area contributed by atoms with Crippen molar-refractivity contribution in [2.75, 3.05) is 0 Å². The van der Waals surface area contributed by atoms with Gasteiger partial charge in [0.2, 0.25) is 0 Å². The van der Waals surface area contributed by atoms with Crippen LogP contribution in [-0.4, -0.2) is 0 Å². The van der Waals surface area contributed by atoms with Crippen LogP contribution in [0.1, 0.15) is 31.7 Å². The van der Waals surface area contributed by atoms with Gasteiger partial charge in [-0.2, -0.15) is 0 Å². The van der Waals surface area contributed by atoms with Crippen molar-refractivity contribution >= 4 is 50.0 Å². The molecule has 0 atom stereocenters. The van der Waals surface area contributed by atoms with Gasteiger partial charge < -0.3 is 0 Å². The maximum atomic E-state index is 4.13. The Morgan fingerprint density at radius 1 is 0.667 bits per heavy atom. The Hall–Kier alpha value is -4.94. The van der Waals surface area contributed by atoms with Gasteiger partial charge in [0.15, 0.2) is 0 Å². The molecule has 0 N–H and O–H groups in total. The highest BCUT2D eigenvalue weighted by Gasteiger charge is 2.18. The second-order valence-corrected chi connectivity index (χ2v) is 11.4. The van der Waals surface area contributed by atoms with Crippen molar-refractivity contribution in [3.8, 4) is 22.3 Å². The highest BCUT2D eigenvalue weighted by atomic mass is 14.2. The Balaban J connectivity index is 1.50. The lowest BCUT2D eigenvalue weighted by Gasteiger charge is -2.19. The van der Waals surface area contributed by atoms with Gasteiger partial charge in [-0.1, -0.05) is 140 Å². The normalized spacial score (nSPS) is 13.6. The number of benzene rings is 6. The van der Waals surface area contributed by atoms with Gasteiger partial charge in [-0.3, -0.25) is 0 Å². The molecule has 7 rings (SSSR count). The zero-order valence-corrected chi connectivity index (χ0v) is 24.2. The van der Waals surface area contributed by atoms with Crippen molar-refractivity contribution in [3.63, 3.8) is 0 Å². The first-order chi connectivity index (χ1) is 20.6. The van der Waals surface area contributed by atoms with E-state index in [-0.39, 0.29) is 0 Å². The average Bonchev–Trinajstić information content (AvgIpc) is 3.03. The molecule has 0 amide bonds. The summed E-state index contributed by atoms with van der Waals surface area (Å²) in [5.41, 5.74) is 8.76. The van der Waals surface area contributed by atoms with Crippen LogP contribution in [0.25, 0.3) is 72.3 Å². The molecule has 0 heteroatoms. The van der Waals surface area contributed by atoms with Crippen LogP contribution >= 0.6 is 0 Å². The molecular weight excluding hydrogens is 504 g/mol. The number of hydrogen-bond donors (Lipinski definition) is 0. The van der Waals surface area contributed by atoms with Crippen molar-refractivity contribution in [1.82, 2.24) is 0 Å². The molecule has 6 aromatic carbocycles. The van der Waals surface area contributed by atoms with Gasteiger partial charge in [0.25, 0.3) is 0 Å². The molecule has 0 saturated carbocycles. The van der Waals surface area contributed by atoms with Crippen molar-refractivity contribution in [2.24, 2.45) is 0 Å². The summed E-state index contributed by atoms with van der Waals surface area (Å²) in [6.45, 7) is 10.1. The van der Waals surface area contributed by atoms with Crippen LogP contribution in [0.5, 0.6) is 0 Å². The molecule has 0 unspecified atom stereocenters. The lowest BCUT2D eigenvalue weighted by atomic mass is 9.84. The van der Waals surface area contributed by atoms with Crippen molar-refractivity contribution in [1.29, 1.82) is 0 Å². The van der Waals surface area contributed by atoms with E-state index in [1.807, 2.05) is 6.08 Å². The first-order valence-electron chi connectivity index (χ1n) is 14.9. The predicted molar refractivity (Wildman–Crippen MR) is 185 cm³/mol. The minimum absolute atomic E-state index is 0.970. The van der Waals surface area contributed by atoms with Crippen LogP contribution in [0, 0.1) is 0 Å². The van der Waals surface area contributed by atoms with E-state index in [0.717, 1.165) is 24.8 Å². The monoisotopic (exact) mass is 538 g/mol. The van der Waals surface area contributed by atoms with Gasteiger partial charge in [0.1, 0.15) is 0 Å². The average molecular weight is 539 g/mol. The molecular formula is C42H34. The smallest absolute Gasteiger partial charge is 0.00201 e. The molecule has 0 bridgehead atoms. The summed E-state index contributed by atoms with van der Waals surface area (Å²) in [6.07, 6.45) is 12.2. The third kappa shape index (κ3) is 4.41. The molecule has 0 aromatic heterocycles. The van der Waals surface area contributed by atoms with E-state index in [9.17, 15) is 0 Å². The molecule has 1 aliphatic rings. The molecule has 0 radical (unpaired) electrons. The van der Waals surface area contributed by atoms with Gasteiger partial charge in [-0.15, -0.1) is 6.58 Å². The highest BCUT2D eigenvalue weighted by Crippen LogP contribution is 2.45. The largest absolute Gasteiger partial charge is 0.103 e. The number of unbranched alkanes of at least 4 members (excludes halogenated alkanes) is 1. The first-order valence-corrected chi connectivity index (χ1v) is 14.9. The quantitative estimate of drug-likeness (QED) is 0.112. The Bertz CT molecular complexity index is 2130. The predicted octanol–water partition coefficient (Wildman–Crippen LogP) is 10.4. The summed E-state index contributed by atoms with van der Waals surface area (Å²) in [5.74, 6) is 0. The van der Waals surface area contributed by atoms with Gasteiger partial charge in [0.05, 0.1) is 0 Å². The van der Waals surface area contributed by atoms with Crippen LogP contribution in [0.4, 0.5) is 0 Å². The second-order valence-electron chi connectivity index (χ2n) is 11.4. The zero-order valence-electron chi connectivity index (χ0n) is 24.2. The van der Waals surface area contributed by atoms with Crippen LogP contribution in [-0.2, 0) is 0 Å². The van der Waals surface area contributed by atoms with Crippen molar-refractivity contribution in [2.45, 2.75) is 26.2 Å². The Morgan fingerprint density at radius 2 is 1.31 bits per heavy atom. The molecule has 42 heavy (non-hydrogen) atoms. The van der Waals surface area contributed by atoms with Crippen LogP contribution < -0.4 is 10.4 Å². The number of fused-ring (bicyclic) bond motifs is 5. The molecule has 0 saturated heterocycles. The fourth-order valence-corrected chi connectivity index (χ4v) is 6.63. The van der Waals surface area contributed by atoms with Gasteiger partial charge in [0, 0.05) is 0 Å². The molecule has 0 aliphatic heterocycles. The van der Waals surface area contributed by atoms with Crippen LogP contribution in [0.15, 0.2) is 134 Å². The van der Waals surface area contributed by atoms with E-state index >= 15 is 0 Å². The molecule has 0 heterocycles. The standard InChI is InChI=1S/C42H34/c1-4-5-6-12-29-19-25-33-32(27-29)24-26-35-34(33)17-11-18-36(35)42-39-15-9-7-13-37(39)41(38-14-8-10-16-40(38)42)31-22-20-30(21-23-31)28(2)3/h4,7-18,20-27H,1-2,5-6,19H2,3H3/b29-12+. The molecule has 0 spiro atoms.